The van der Waals surface area contributed by atoms with Crippen molar-refractivity contribution in [3.63, 3.8) is 0 Å². The molecule has 0 bridgehead atoms. The Bertz CT molecular complexity index is 805. The minimum absolute atomic E-state index is 0.0452. The normalized spacial score (nSPS) is 20.7. The fourth-order valence-corrected chi connectivity index (χ4v) is 2.62. The van der Waals surface area contributed by atoms with Gasteiger partial charge >= 0.3 is 21.6 Å². The summed E-state index contributed by atoms with van der Waals surface area (Å²) in [5.74, 6) is 1.02. The highest BCUT2D eigenvalue weighted by Crippen LogP contribution is 2.26. The third-order valence-electron chi connectivity index (χ3n) is 3.85. The Kier molecular flexibility index (Phi) is 6.39. The van der Waals surface area contributed by atoms with Gasteiger partial charge in [-0.2, -0.15) is 21.6 Å². The van der Waals surface area contributed by atoms with Crippen LogP contribution in [0.15, 0.2) is 18.2 Å². The summed E-state index contributed by atoms with van der Waals surface area (Å²) in [7, 11) is -5.75. The van der Waals surface area contributed by atoms with Crippen molar-refractivity contribution in [1.82, 2.24) is 10.0 Å². The van der Waals surface area contributed by atoms with Crippen LogP contribution in [0.2, 0.25) is 0 Å². The van der Waals surface area contributed by atoms with Gasteiger partial charge in [-0.3, -0.25) is 0 Å². The third kappa shape index (κ3) is 6.94. The maximum absolute atomic E-state index is 12.3. The molecule has 2 atom stereocenters. The Morgan fingerprint density at radius 3 is 2.03 bits per heavy atom. The van der Waals surface area contributed by atoms with E-state index in [1.807, 2.05) is 0 Å². The van der Waals surface area contributed by atoms with E-state index >= 15 is 0 Å². The zero-order valence-corrected chi connectivity index (χ0v) is 15.8. The zero-order valence-electron chi connectivity index (χ0n) is 15.0. The van der Waals surface area contributed by atoms with E-state index in [4.69, 9.17) is 18.9 Å². The summed E-state index contributed by atoms with van der Waals surface area (Å²) >= 11 is 0. The molecule has 2 N–H and O–H groups in total. The maximum atomic E-state index is 12.3. The van der Waals surface area contributed by atoms with E-state index in [2.05, 4.69) is 5.32 Å². The van der Waals surface area contributed by atoms with Crippen LogP contribution in [0.4, 0.5) is 18.0 Å². The first-order valence-electron chi connectivity index (χ1n) is 8.62. The van der Waals surface area contributed by atoms with Crippen LogP contribution >= 0.6 is 0 Å². The van der Waals surface area contributed by atoms with Crippen molar-refractivity contribution in [3.05, 3.63) is 23.8 Å². The second kappa shape index (κ2) is 8.63. The summed E-state index contributed by atoms with van der Waals surface area (Å²) in [6.45, 7) is 1.87. The van der Waals surface area contributed by atoms with Crippen molar-refractivity contribution in [2.45, 2.75) is 24.1 Å². The first-order chi connectivity index (χ1) is 13.6. The molecule has 0 aliphatic carbocycles. The molecule has 3 rings (SSSR count). The molecule has 0 radical (unpaired) electrons. The van der Waals surface area contributed by atoms with E-state index in [1.54, 1.807) is 18.2 Å². The molecule has 2 amide bonds. The summed E-state index contributed by atoms with van der Waals surface area (Å²) in [6.07, 6.45) is 0.292. The van der Waals surface area contributed by atoms with Gasteiger partial charge in [0.2, 0.25) is 0 Å². The van der Waals surface area contributed by atoms with E-state index in [1.165, 1.54) is 0 Å². The number of halogens is 3. The standard InChI is InChI=1S/C16H19F3N2O7S/c17-16(18,19)29(23,24)21-15(22)20-2-1-10-3-11(25-6-13-8-27-13)5-12(4-10)26-7-14-9-28-14/h3-5,13-14H,1-2,6-9H2,(H2,20,21,22). The van der Waals surface area contributed by atoms with Gasteiger partial charge in [-0.1, -0.05) is 0 Å². The van der Waals surface area contributed by atoms with E-state index < -0.39 is 21.6 Å². The predicted octanol–water partition coefficient (Wildman–Crippen LogP) is 0.933. The van der Waals surface area contributed by atoms with Gasteiger partial charge in [-0.15, -0.1) is 0 Å². The summed E-state index contributed by atoms with van der Waals surface area (Å²) in [4.78, 5) is 11.4. The largest absolute Gasteiger partial charge is 0.516 e. The van der Waals surface area contributed by atoms with Gasteiger partial charge in [-0.05, 0) is 24.1 Å². The molecule has 29 heavy (non-hydrogen) atoms. The molecule has 2 unspecified atom stereocenters. The Balaban J connectivity index is 1.54. The topological polar surface area (TPSA) is 119 Å². The average Bonchev–Trinajstić information content (AvgIpc) is 3.52. The fraction of sp³-hybridized carbons (Fsp3) is 0.562. The first-order valence-corrected chi connectivity index (χ1v) is 10.1. The van der Waals surface area contributed by atoms with Crippen LogP contribution in [0.3, 0.4) is 0 Å². The van der Waals surface area contributed by atoms with Gasteiger partial charge in [0.1, 0.15) is 36.9 Å². The van der Waals surface area contributed by atoms with Crippen LogP contribution in [0, 0.1) is 0 Å². The molecule has 2 aliphatic heterocycles. The number of sulfonamides is 1. The lowest BCUT2D eigenvalue weighted by atomic mass is 10.1. The van der Waals surface area contributed by atoms with E-state index in [9.17, 15) is 26.4 Å². The van der Waals surface area contributed by atoms with Crippen molar-refractivity contribution >= 4 is 16.1 Å². The predicted molar refractivity (Wildman–Crippen MR) is 92.1 cm³/mol. The molecule has 0 spiro atoms. The Morgan fingerprint density at radius 2 is 1.59 bits per heavy atom. The lowest BCUT2D eigenvalue weighted by molar-refractivity contribution is -0.0444. The number of carbonyl (C=O) groups is 1. The van der Waals surface area contributed by atoms with Crippen molar-refractivity contribution in [2.24, 2.45) is 0 Å². The number of ether oxygens (including phenoxy) is 4. The number of carbonyl (C=O) groups excluding carboxylic acids is 1. The number of urea groups is 1. The number of hydrogen-bond donors (Lipinski definition) is 2. The SMILES string of the molecule is O=C(NCCc1cc(OCC2CO2)cc(OCC2CO2)c1)NS(=O)(=O)C(F)(F)F. The lowest BCUT2D eigenvalue weighted by Crippen LogP contribution is -2.45. The number of epoxide rings is 2. The number of rotatable bonds is 10. The van der Waals surface area contributed by atoms with E-state index in [-0.39, 0.29) is 25.2 Å². The summed E-state index contributed by atoms with van der Waals surface area (Å²) in [5, 5.41) is 2.07. The van der Waals surface area contributed by atoms with Gasteiger partial charge < -0.3 is 24.3 Å². The lowest BCUT2D eigenvalue weighted by Gasteiger charge is -2.13. The highest BCUT2D eigenvalue weighted by atomic mass is 32.2. The minimum atomic E-state index is -5.75. The van der Waals surface area contributed by atoms with Crippen LogP contribution in [-0.2, 0) is 25.9 Å². The van der Waals surface area contributed by atoms with E-state index in [0.29, 0.717) is 43.5 Å². The molecule has 1 aromatic rings. The molecular formula is C16H19F3N2O7S. The second-order valence-electron chi connectivity index (χ2n) is 6.40. The van der Waals surface area contributed by atoms with Crippen LogP contribution in [0.5, 0.6) is 11.5 Å². The number of amides is 2. The quantitative estimate of drug-likeness (QED) is 0.520. The first kappa shape index (κ1) is 21.5. The van der Waals surface area contributed by atoms with Crippen LogP contribution in [0.25, 0.3) is 0 Å². The summed E-state index contributed by atoms with van der Waals surface area (Å²) in [5.41, 5.74) is -4.90. The van der Waals surface area contributed by atoms with Gasteiger partial charge in [0.05, 0.1) is 13.2 Å². The van der Waals surface area contributed by atoms with Crippen molar-refractivity contribution in [3.8, 4) is 11.5 Å². The monoisotopic (exact) mass is 440 g/mol. The van der Waals surface area contributed by atoms with Crippen LogP contribution in [0.1, 0.15) is 5.56 Å². The van der Waals surface area contributed by atoms with Gasteiger partial charge in [0.25, 0.3) is 0 Å². The maximum Gasteiger partial charge on any atom is 0.516 e. The molecule has 0 aromatic heterocycles. The van der Waals surface area contributed by atoms with Crippen LogP contribution in [-0.4, -0.2) is 65.1 Å². The van der Waals surface area contributed by atoms with Gasteiger partial charge in [-0.25, -0.2) is 9.52 Å². The van der Waals surface area contributed by atoms with Crippen molar-refractivity contribution in [1.29, 1.82) is 0 Å². The molecule has 1 aromatic carbocycles. The zero-order chi connectivity index (χ0) is 21.1. The van der Waals surface area contributed by atoms with E-state index in [0.717, 1.165) is 4.72 Å². The average molecular weight is 440 g/mol. The van der Waals surface area contributed by atoms with Crippen molar-refractivity contribution < 1.29 is 45.3 Å². The fourth-order valence-electron chi connectivity index (χ4n) is 2.18. The summed E-state index contributed by atoms with van der Waals surface area (Å²) < 4.78 is 80.9. The molecule has 2 saturated heterocycles. The minimum Gasteiger partial charge on any atom is -0.491 e. The van der Waals surface area contributed by atoms with Gasteiger partial charge in [0.15, 0.2) is 0 Å². The molecule has 13 heteroatoms. The Hall–Kier alpha value is -2.25. The third-order valence-corrected chi connectivity index (χ3v) is 4.91. The molecule has 0 saturated carbocycles. The van der Waals surface area contributed by atoms with Gasteiger partial charge in [0, 0.05) is 12.6 Å². The second-order valence-corrected chi connectivity index (χ2v) is 8.08. The molecule has 2 fully saturated rings. The Morgan fingerprint density at radius 1 is 1.07 bits per heavy atom. The highest BCUT2D eigenvalue weighted by molar-refractivity contribution is 7.90. The number of hydrogen-bond acceptors (Lipinski definition) is 7. The molecule has 9 nitrogen and oxygen atoms in total. The number of nitrogens with one attached hydrogen (secondary N) is 2. The molecule has 2 aliphatic rings. The molecule has 162 valence electrons. The molecule has 2 heterocycles. The molecular weight excluding hydrogens is 421 g/mol. The highest BCUT2D eigenvalue weighted by Gasteiger charge is 2.47. The Labute approximate surface area is 164 Å². The number of alkyl halides is 3. The number of benzene rings is 1. The smallest absolute Gasteiger partial charge is 0.491 e. The van der Waals surface area contributed by atoms with Crippen molar-refractivity contribution in [2.75, 3.05) is 33.0 Å². The summed E-state index contributed by atoms with van der Waals surface area (Å²) in [6, 6.07) is 3.59. The van der Waals surface area contributed by atoms with Crippen LogP contribution < -0.4 is 19.5 Å².